The number of allylic oxidation sites excluding steroid dienone is 4. The van der Waals surface area contributed by atoms with E-state index in [9.17, 15) is 9.36 Å². The van der Waals surface area contributed by atoms with E-state index in [1.807, 2.05) is 67.6 Å². The van der Waals surface area contributed by atoms with Crippen LogP contribution in [0, 0.1) is 0 Å². The van der Waals surface area contributed by atoms with Crippen LogP contribution >= 0.6 is 7.60 Å². The first-order chi connectivity index (χ1) is 19.9. The summed E-state index contributed by atoms with van der Waals surface area (Å²) < 4.78 is 25.9. The normalized spacial score (nSPS) is 16.6. The van der Waals surface area contributed by atoms with Crippen LogP contribution in [0.25, 0.3) is 22.4 Å². The Morgan fingerprint density at radius 2 is 1.61 bits per heavy atom. The van der Waals surface area contributed by atoms with Crippen LogP contribution in [0.15, 0.2) is 96.6 Å². The first-order valence-corrected chi connectivity index (χ1v) is 16.1. The number of nitrogens with zero attached hydrogens (tertiary/aromatic N) is 2. The Morgan fingerprint density at radius 3 is 2.29 bits per heavy atom. The fourth-order valence-electron chi connectivity index (χ4n) is 5.65. The maximum absolute atomic E-state index is 14.0. The molecule has 0 amide bonds. The van der Waals surface area contributed by atoms with Gasteiger partial charge in [0.05, 0.1) is 12.3 Å². The highest BCUT2D eigenvalue weighted by Crippen LogP contribution is 2.46. The summed E-state index contributed by atoms with van der Waals surface area (Å²) in [6, 6.07) is 26.8. The summed E-state index contributed by atoms with van der Waals surface area (Å²) in [4.78, 5) is 14.0. The molecule has 1 atom stereocenters. The van der Waals surface area contributed by atoms with Crippen LogP contribution in [0.1, 0.15) is 59.8 Å². The van der Waals surface area contributed by atoms with Crippen LogP contribution in [-0.2, 0) is 22.1 Å². The number of hydrogen-bond donors (Lipinski definition) is 0. The molecule has 3 aromatic carbocycles. The van der Waals surface area contributed by atoms with Gasteiger partial charge < -0.3 is 4.52 Å². The Bertz CT molecular complexity index is 1690. The predicted octanol–water partition coefficient (Wildman–Crippen LogP) is 8.60. The Hall–Kier alpha value is -3.99. The minimum absolute atomic E-state index is 0.135. The molecule has 1 aromatic heterocycles. The Morgan fingerprint density at radius 1 is 0.902 bits per heavy atom. The SMILES string of the molecule is CC1=C(c2ccc(OP(C)(=O)OCc3ccccc3)cc2)C(=O)n2nc(-c3ccccc3)c(C3=CCCCC3)c2C1. The van der Waals surface area contributed by atoms with Crippen molar-refractivity contribution in [1.82, 2.24) is 9.78 Å². The van der Waals surface area contributed by atoms with Gasteiger partial charge >= 0.3 is 7.60 Å². The zero-order valence-corrected chi connectivity index (χ0v) is 24.3. The van der Waals surface area contributed by atoms with Crippen molar-refractivity contribution in [3.63, 3.8) is 0 Å². The van der Waals surface area contributed by atoms with Crippen molar-refractivity contribution in [3.05, 3.63) is 119 Å². The molecule has 1 aliphatic heterocycles. The van der Waals surface area contributed by atoms with Crippen molar-refractivity contribution < 1.29 is 18.4 Å². The van der Waals surface area contributed by atoms with E-state index in [1.165, 1.54) is 18.7 Å². The summed E-state index contributed by atoms with van der Waals surface area (Å²) >= 11 is 0. The molecule has 7 heteroatoms. The highest BCUT2D eigenvalue weighted by molar-refractivity contribution is 7.53. The number of rotatable bonds is 8. The van der Waals surface area contributed by atoms with Gasteiger partial charge in [0.1, 0.15) is 11.4 Å². The lowest BCUT2D eigenvalue weighted by atomic mass is 9.87. The molecular weight excluding hydrogens is 531 g/mol. The van der Waals surface area contributed by atoms with Crippen molar-refractivity contribution in [2.24, 2.45) is 0 Å². The van der Waals surface area contributed by atoms with E-state index in [0.717, 1.165) is 58.5 Å². The number of hydrogen-bond acceptors (Lipinski definition) is 5. The number of benzene rings is 3. The second-order valence-electron chi connectivity index (χ2n) is 10.7. The molecule has 0 N–H and O–H groups in total. The average molecular weight is 565 g/mol. The summed E-state index contributed by atoms with van der Waals surface area (Å²) in [5.41, 5.74) is 8.58. The van der Waals surface area contributed by atoms with Crippen LogP contribution in [0.2, 0.25) is 0 Å². The molecule has 1 aliphatic carbocycles. The summed E-state index contributed by atoms with van der Waals surface area (Å²) in [7, 11) is -3.34. The lowest BCUT2D eigenvalue weighted by molar-refractivity contribution is 0.0958. The van der Waals surface area contributed by atoms with Gasteiger partial charge in [0.15, 0.2) is 0 Å². The van der Waals surface area contributed by atoms with Gasteiger partial charge in [0, 0.05) is 29.8 Å². The van der Waals surface area contributed by atoms with Gasteiger partial charge in [0.2, 0.25) is 0 Å². The fourth-order valence-corrected chi connectivity index (χ4v) is 6.59. The first-order valence-electron chi connectivity index (χ1n) is 14.1. The molecule has 0 saturated carbocycles. The highest BCUT2D eigenvalue weighted by Gasteiger charge is 2.32. The predicted molar refractivity (Wildman–Crippen MR) is 163 cm³/mol. The molecule has 2 aliphatic rings. The van der Waals surface area contributed by atoms with Crippen molar-refractivity contribution in [3.8, 4) is 17.0 Å². The van der Waals surface area contributed by atoms with E-state index in [4.69, 9.17) is 14.1 Å². The summed E-state index contributed by atoms with van der Waals surface area (Å²) in [5, 5.41) is 4.91. The van der Waals surface area contributed by atoms with E-state index in [0.29, 0.717) is 17.7 Å². The largest absolute Gasteiger partial charge is 0.425 e. The monoisotopic (exact) mass is 564 g/mol. The number of aromatic nitrogens is 2. The van der Waals surface area contributed by atoms with Crippen LogP contribution in [-0.4, -0.2) is 22.4 Å². The van der Waals surface area contributed by atoms with Crippen molar-refractivity contribution in [1.29, 1.82) is 0 Å². The molecule has 41 heavy (non-hydrogen) atoms. The van der Waals surface area contributed by atoms with E-state index < -0.39 is 7.60 Å². The van der Waals surface area contributed by atoms with Gasteiger partial charge in [-0.15, -0.1) is 0 Å². The van der Waals surface area contributed by atoms with Crippen molar-refractivity contribution in [2.45, 2.75) is 45.6 Å². The van der Waals surface area contributed by atoms with Gasteiger partial charge in [-0.3, -0.25) is 9.32 Å². The fraction of sp³-hybridized carbons (Fsp3) is 0.235. The molecule has 0 radical (unpaired) electrons. The Labute approximate surface area is 240 Å². The topological polar surface area (TPSA) is 70.4 Å². The third kappa shape index (κ3) is 5.76. The molecule has 2 heterocycles. The minimum Gasteiger partial charge on any atom is -0.425 e. The molecule has 1 unspecified atom stereocenters. The van der Waals surface area contributed by atoms with Crippen LogP contribution in [0.5, 0.6) is 5.75 Å². The maximum Gasteiger partial charge on any atom is 0.376 e. The van der Waals surface area contributed by atoms with Gasteiger partial charge in [-0.1, -0.05) is 84.4 Å². The minimum atomic E-state index is -3.34. The summed E-state index contributed by atoms with van der Waals surface area (Å²) in [5.74, 6) is 0.288. The van der Waals surface area contributed by atoms with Crippen molar-refractivity contribution >= 4 is 24.6 Å². The van der Waals surface area contributed by atoms with E-state index in [2.05, 4.69) is 18.2 Å². The standard InChI is InChI=1S/C34H33N2O4P/c1-24-22-30-32(26-14-8-4-9-15-26)33(28-16-10-5-11-17-28)35-36(30)34(37)31(24)27-18-20-29(21-19-27)40-41(2,38)39-23-25-12-6-3-7-13-25/h3,5-7,10-14,16-21H,4,8-9,15,22-23H2,1-2H3. The quantitative estimate of drug-likeness (QED) is 0.201. The average Bonchev–Trinajstić information content (AvgIpc) is 3.38. The van der Waals surface area contributed by atoms with E-state index in [-0.39, 0.29) is 12.5 Å². The number of fused-ring (bicyclic) bond motifs is 1. The zero-order valence-electron chi connectivity index (χ0n) is 23.4. The highest BCUT2D eigenvalue weighted by atomic mass is 31.2. The Balaban J connectivity index is 1.26. The zero-order chi connectivity index (χ0) is 28.4. The van der Waals surface area contributed by atoms with Gasteiger partial charge in [-0.2, -0.15) is 9.78 Å². The smallest absolute Gasteiger partial charge is 0.376 e. The molecule has 0 spiro atoms. The second kappa shape index (κ2) is 11.5. The van der Waals surface area contributed by atoms with Crippen LogP contribution in [0.3, 0.4) is 0 Å². The first kappa shape index (κ1) is 27.2. The molecule has 6 rings (SSSR count). The third-order valence-corrected chi connectivity index (χ3v) is 8.77. The lowest BCUT2D eigenvalue weighted by Crippen LogP contribution is -2.23. The molecule has 6 nitrogen and oxygen atoms in total. The summed E-state index contributed by atoms with van der Waals surface area (Å²) in [6.07, 6.45) is 7.36. The van der Waals surface area contributed by atoms with Crippen LogP contribution < -0.4 is 4.52 Å². The molecule has 0 saturated heterocycles. The summed E-state index contributed by atoms with van der Waals surface area (Å²) in [6.45, 7) is 3.68. The number of carbonyl (C=O) groups excluding carboxylic acids is 1. The molecule has 0 bridgehead atoms. The van der Waals surface area contributed by atoms with E-state index >= 15 is 0 Å². The molecule has 0 fully saturated rings. The third-order valence-electron chi connectivity index (χ3n) is 7.63. The second-order valence-corrected chi connectivity index (χ2v) is 12.7. The number of carbonyl (C=O) groups is 1. The van der Waals surface area contributed by atoms with E-state index in [1.54, 1.807) is 16.8 Å². The lowest BCUT2D eigenvalue weighted by Gasteiger charge is -2.21. The molecule has 4 aromatic rings. The van der Waals surface area contributed by atoms with Gasteiger partial charge in [0.25, 0.3) is 5.91 Å². The maximum atomic E-state index is 14.0. The van der Waals surface area contributed by atoms with Crippen LogP contribution in [0.4, 0.5) is 0 Å². The van der Waals surface area contributed by atoms with Gasteiger partial charge in [-0.05, 0) is 61.4 Å². The van der Waals surface area contributed by atoms with Crippen molar-refractivity contribution in [2.75, 3.05) is 6.66 Å². The van der Waals surface area contributed by atoms with Gasteiger partial charge in [-0.25, -0.2) is 4.57 Å². The molecule has 208 valence electrons. The molecular formula is C34H33N2O4P. The Kier molecular flexibility index (Phi) is 7.61.